The quantitative estimate of drug-likeness (QED) is 0.861. The van der Waals surface area contributed by atoms with Crippen molar-refractivity contribution in [3.05, 3.63) is 18.3 Å². The van der Waals surface area contributed by atoms with Gasteiger partial charge in [-0.2, -0.15) is 0 Å². The van der Waals surface area contributed by atoms with Crippen LogP contribution in [0.25, 0.3) is 0 Å². The van der Waals surface area contributed by atoms with E-state index in [-0.39, 0.29) is 5.91 Å². The molecule has 1 heterocycles. The molecule has 2 unspecified atom stereocenters. The Morgan fingerprint density at radius 1 is 1.42 bits per heavy atom. The number of rotatable bonds is 4. The number of carbonyl (C=O) groups is 2. The number of hydrogen-bond acceptors (Lipinski definition) is 4. The van der Waals surface area contributed by atoms with Crippen molar-refractivity contribution in [1.29, 1.82) is 0 Å². The van der Waals surface area contributed by atoms with Crippen molar-refractivity contribution in [2.24, 2.45) is 11.8 Å². The number of amides is 1. The molecule has 1 aromatic rings. The van der Waals surface area contributed by atoms with Gasteiger partial charge in [-0.3, -0.25) is 9.59 Å². The second-order valence-electron chi connectivity index (χ2n) is 4.53. The van der Waals surface area contributed by atoms with Gasteiger partial charge in [-0.05, 0) is 25.0 Å². The highest BCUT2D eigenvalue weighted by Crippen LogP contribution is 2.33. The van der Waals surface area contributed by atoms with Crippen molar-refractivity contribution in [1.82, 2.24) is 4.98 Å². The van der Waals surface area contributed by atoms with Crippen molar-refractivity contribution >= 4 is 17.6 Å². The minimum atomic E-state index is -0.907. The largest absolute Gasteiger partial charge is 0.481 e. The number of carboxylic acids is 1. The third-order valence-electron chi connectivity index (χ3n) is 3.39. The van der Waals surface area contributed by atoms with Crippen molar-refractivity contribution < 1.29 is 19.4 Å². The van der Waals surface area contributed by atoms with Gasteiger partial charge in [0, 0.05) is 6.20 Å². The van der Waals surface area contributed by atoms with Gasteiger partial charge in [0.1, 0.15) is 5.69 Å². The smallest absolute Gasteiger partial charge is 0.307 e. The number of carboxylic acid groups (broad SMARTS) is 1. The minimum absolute atomic E-state index is 0.281. The third-order valence-corrected chi connectivity index (χ3v) is 3.39. The Kier molecular flexibility index (Phi) is 3.99. The predicted molar refractivity (Wildman–Crippen MR) is 67.9 cm³/mol. The van der Waals surface area contributed by atoms with Crippen molar-refractivity contribution in [3.8, 4) is 5.88 Å². The van der Waals surface area contributed by atoms with Crippen LogP contribution in [-0.2, 0) is 9.59 Å². The van der Waals surface area contributed by atoms with Gasteiger partial charge in [0.2, 0.25) is 11.8 Å². The van der Waals surface area contributed by atoms with Crippen LogP contribution in [0, 0.1) is 11.8 Å². The van der Waals surface area contributed by atoms with Gasteiger partial charge in [-0.25, -0.2) is 4.98 Å². The zero-order valence-electron chi connectivity index (χ0n) is 10.6. The molecule has 2 atom stereocenters. The predicted octanol–water partition coefficient (Wildman–Crippen LogP) is 1.53. The number of nitrogens with zero attached hydrogens (tertiary/aromatic N) is 1. The van der Waals surface area contributed by atoms with E-state index in [1.807, 2.05) is 0 Å². The van der Waals surface area contributed by atoms with Gasteiger partial charge >= 0.3 is 5.97 Å². The summed E-state index contributed by atoms with van der Waals surface area (Å²) < 4.78 is 5.04. The van der Waals surface area contributed by atoms with Crippen LogP contribution < -0.4 is 10.1 Å². The molecule has 0 radical (unpaired) electrons. The summed E-state index contributed by atoms with van der Waals surface area (Å²) in [5, 5.41) is 11.8. The topological polar surface area (TPSA) is 88.5 Å². The summed E-state index contributed by atoms with van der Waals surface area (Å²) in [6, 6.07) is 3.36. The number of methoxy groups -OCH3 is 1. The standard InChI is InChI=1S/C13H16N2O4/c1-19-12-10(6-3-7-14-12)15-11(16)8-4-2-5-9(8)13(17)18/h3,6-9H,2,4-5H2,1H3,(H,15,16)(H,17,18). The molecule has 1 amide bonds. The van der Waals surface area contributed by atoms with Crippen LogP contribution in [0.1, 0.15) is 19.3 Å². The second-order valence-corrected chi connectivity index (χ2v) is 4.53. The van der Waals surface area contributed by atoms with E-state index in [1.165, 1.54) is 7.11 Å². The molecular formula is C13H16N2O4. The van der Waals surface area contributed by atoms with Crippen molar-refractivity contribution in [3.63, 3.8) is 0 Å². The van der Waals surface area contributed by atoms with Crippen LogP contribution in [0.4, 0.5) is 5.69 Å². The van der Waals surface area contributed by atoms with Crippen LogP contribution >= 0.6 is 0 Å². The van der Waals surface area contributed by atoms with Crippen molar-refractivity contribution in [2.45, 2.75) is 19.3 Å². The molecule has 1 fully saturated rings. The average molecular weight is 264 g/mol. The molecule has 2 N–H and O–H groups in total. The Morgan fingerprint density at radius 3 is 2.84 bits per heavy atom. The Labute approximate surface area is 110 Å². The van der Waals surface area contributed by atoms with Gasteiger partial charge in [-0.15, -0.1) is 0 Å². The van der Waals surface area contributed by atoms with E-state index in [2.05, 4.69) is 10.3 Å². The summed E-state index contributed by atoms with van der Waals surface area (Å²) >= 11 is 0. The maximum Gasteiger partial charge on any atom is 0.307 e. The zero-order valence-corrected chi connectivity index (χ0v) is 10.6. The summed E-state index contributed by atoms with van der Waals surface area (Å²) in [5.74, 6) is -1.95. The minimum Gasteiger partial charge on any atom is -0.481 e. The molecule has 102 valence electrons. The molecular weight excluding hydrogens is 248 g/mol. The molecule has 1 aliphatic carbocycles. The summed E-state index contributed by atoms with van der Waals surface area (Å²) in [6.07, 6.45) is 3.48. The summed E-state index contributed by atoms with van der Waals surface area (Å²) in [6.45, 7) is 0. The molecule has 1 saturated carbocycles. The number of ether oxygens (including phenoxy) is 1. The van der Waals surface area contributed by atoms with E-state index in [0.717, 1.165) is 6.42 Å². The molecule has 0 aliphatic heterocycles. The normalized spacial score (nSPS) is 21.9. The zero-order chi connectivity index (χ0) is 13.8. The van der Waals surface area contributed by atoms with Crippen LogP contribution in [0.3, 0.4) is 0 Å². The first-order chi connectivity index (χ1) is 9.13. The highest BCUT2D eigenvalue weighted by atomic mass is 16.5. The summed E-state index contributed by atoms with van der Waals surface area (Å²) in [7, 11) is 1.47. The molecule has 2 rings (SSSR count). The molecule has 19 heavy (non-hydrogen) atoms. The molecule has 6 heteroatoms. The van der Waals surface area contributed by atoms with Gasteiger partial charge in [-0.1, -0.05) is 6.42 Å². The fraction of sp³-hybridized carbons (Fsp3) is 0.462. The van der Waals surface area contributed by atoms with E-state index in [9.17, 15) is 9.59 Å². The van der Waals surface area contributed by atoms with Crippen LogP contribution in [0.2, 0.25) is 0 Å². The first kappa shape index (κ1) is 13.3. The second kappa shape index (κ2) is 5.69. The fourth-order valence-corrected chi connectivity index (χ4v) is 2.44. The van der Waals surface area contributed by atoms with Gasteiger partial charge in [0.25, 0.3) is 0 Å². The van der Waals surface area contributed by atoms with Crippen LogP contribution in [-0.4, -0.2) is 29.1 Å². The summed E-state index contributed by atoms with van der Waals surface area (Å²) in [4.78, 5) is 27.2. The summed E-state index contributed by atoms with van der Waals surface area (Å²) in [5.41, 5.74) is 0.464. The van der Waals surface area contributed by atoms with E-state index in [0.29, 0.717) is 24.4 Å². The highest BCUT2D eigenvalue weighted by molar-refractivity contribution is 5.96. The third kappa shape index (κ3) is 2.83. The van der Waals surface area contributed by atoms with Gasteiger partial charge < -0.3 is 15.2 Å². The molecule has 1 aliphatic rings. The number of hydrogen-bond donors (Lipinski definition) is 2. The van der Waals surface area contributed by atoms with Gasteiger partial charge in [0.15, 0.2) is 0 Å². The number of nitrogens with one attached hydrogen (secondary N) is 1. The lowest BCUT2D eigenvalue weighted by atomic mass is 9.95. The van der Waals surface area contributed by atoms with Gasteiger partial charge in [0.05, 0.1) is 18.9 Å². The lowest BCUT2D eigenvalue weighted by Crippen LogP contribution is -2.30. The first-order valence-corrected chi connectivity index (χ1v) is 6.16. The molecule has 1 aromatic heterocycles. The molecule has 0 spiro atoms. The van der Waals surface area contributed by atoms with Crippen LogP contribution in [0.5, 0.6) is 5.88 Å². The van der Waals surface area contributed by atoms with E-state index in [1.54, 1.807) is 18.3 Å². The molecule has 6 nitrogen and oxygen atoms in total. The first-order valence-electron chi connectivity index (χ1n) is 6.16. The average Bonchev–Trinajstić information content (AvgIpc) is 2.88. The number of aliphatic carboxylic acids is 1. The monoisotopic (exact) mass is 264 g/mol. The van der Waals surface area contributed by atoms with Crippen LogP contribution in [0.15, 0.2) is 18.3 Å². The number of anilines is 1. The fourth-order valence-electron chi connectivity index (χ4n) is 2.44. The maximum absolute atomic E-state index is 12.1. The van der Waals surface area contributed by atoms with Crippen molar-refractivity contribution in [2.75, 3.05) is 12.4 Å². The maximum atomic E-state index is 12.1. The molecule has 0 aromatic carbocycles. The Bertz CT molecular complexity index is 489. The van der Waals surface area contributed by atoms with E-state index >= 15 is 0 Å². The number of pyridine rings is 1. The SMILES string of the molecule is COc1ncccc1NC(=O)C1CCCC1C(=O)O. The van der Waals surface area contributed by atoms with E-state index in [4.69, 9.17) is 9.84 Å². The number of carbonyl (C=O) groups excluding carboxylic acids is 1. The number of aromatic nitrogens is 1. The molecule has 0 bridgehead atoms. The Hall–Kier alpha value is -2.11. The molecule has 0 saturated heterocycles. The van der Waals surface area contributed by atoms with E-state index < -0.39 is 17.8 Å². The Balaban J connectivity index is 2.10. The highest BCUT2D eigenvalue weighted by Gasteiger charge is 2.37. The lowest BCUT2D eigenvalue weighted by Gasteiger charge is -2.16. The Morgan fingerprint density at radius 2 is 2.16 bits per heavy atom. The lowest BCUT2D eigenvalue weighted by molar-refractivity contribution is -0.145.